The van der Waals surface area contributed by atoms with E-state index in [9.17, 15) is 0 Å². The Hall–Kier alpha value is -1.39. The number of ether oxygens (including phenoxy) is 1. The number of fused-ring (bicyclic) bond motifs is 1. The minimum Gasteiger partial charge on any atom is -0.380 e. The second-order valence-corrected chi connectivity index (χ2v) is 3.87. The molecule has 0 bridgehead atoms. The molecule has 4 heteroatoms. The van der Waals surface area contributed by atoms with Gasteiger partial charge in [0.2, 0.25) is 0 Å². The van der Waals surface area contributed by atoms with Crippen molar-refractivity contribution in [1.29, 1.82) is 0 Å². The lowest BCUT2D eigenvalue weighted by Gasteiger charge is -2.06. The molecular formula is C13H19N3O. The Morgan fingerprint density at radius 2 is 2.18 bits per heavy atom. The highest BCUT2D eigenvalue weighted by atomic mass is 16.5. The van der Waals surface area contributed by atoms with E-state index in [4.69, 9.17) is 4.74 Å². The zero-order valence-electron chi connectivity index (χ0n) is 10.2. The number of para-hydroxylation sites is 1. The van der Waals surface area contributed by atoms with Gasteiger partial charge in [0, 0.05) is 25.1 Å². The van der Waals surface area contributed by atoms with Crippen LogP contribution in [0.1, 0.15) is 6.92 Å². The molecule has 0 spiro atoms. The Bertz CT molecular complexity index is 453. The molecule has 17 heavy (non-hydrogen) atoms. The van der Waals surface area contributed by atoms with Crippen molar-refractivity contribution in [1.82, 2.24) is 15.1 Å². The molecule has 0 aliphatic carbocycles. The van der Waals surface area contributed by atoms with Gasteiger partial charge in [-0.3, -0.25) is 4.68 Å². The summed E-state index contributed by atoms with van der Waals surface area (Å²) in [5.74, 6) is 0. The third-order valence-electron chi connectivity index (χ3n) is 2.68. The van der Waals surface area contributed by atoms with E-state index < -0.39 is 0 Å². The minimum absolute atomic E-state index is 0.774. The molecule has 1 N–H and O–H groups in total. The zero-order chi connectivity index (χ0) is 11.9. The van der Waals surface area contributed by atoms with Crippen molar-refractivity contribution in [3.8, 4) is 0 Å². The van der Waals surface area contributed by atoms with Gasteiger partial charge in [0.05, 0.1) is 24.9 Å². The van der Waals surface area contributed by atoms with Crippen LogP contribution in [0.3, 0.4) is 0 Å². The van der Waals surface area contributed by atoms with Gasteiger partial charge in [-0.2, -0.15) is 5.10 Å². The molecule has 0 fully saturated rings. The Kier molecular flexibility index (Phi) is 4.53. The first-order valence-electron chi connectivity index (χ1n) is 6.11. The Labute approximate surface area is 102 Å². The maximum atomic E-state index is 5.26. The summed E-state index contributed by atoms with van der Waals surface area (Å²) in [5.41, 5.74) is 1.19. The van der Waals surface area contributed by atoms with Gasteiger partial charge in [0.25, 0.3) is 0 Å². The summed E-state index contributed by atoms with van der Waals surface area (Å²) in [6, 6.07) is 8.27. The molecule has 2 rings (SSSR count). The summed E-state index contributed by atoms with van der Waals surface area (Å²) >= 11 is 0. The first kappa shape index (κ1) is 12.1. The second-order valence-electron chi connectivity index (χ2n) is 3.87. The molecule has 1 aromatic carbocycles. The van der Waals surface area contributed by atoms with Gasteiger partial charge in [-0.15, -0.1) is 0 Å². The standard InChI is InChI=1S/C13H19N3O/c1-2-17-10-8-14-7-9-16-13-6-4-3-5-12(13)11-15-16/h3-6,11,14H,2,7-10H2,1H3. The maximum Gasteiger partial charge on any atom is 0.0682 e. The van der Waals surface area contributed by atoms with Crippen LogP contribution in [0.25, 0.3) is 10.9 Å². The predicted octanol–water partition coefficient (Wildman–Crippen LogP) is 1.66. The number of nitrogens with one attached hydrogen (secondary N) is 1. The molecule has 92 valence electrons. The molecule has 0 atom stereocenters. The van der Waals surface area contributed by atoms with E-state index in [0.717, 1.165) is 32.8 Å². The zero-order valence-corrected chi connectivity index (χ0v) is 10.2. The normalized spacial score (nSPS) is 11.1. The van der Waals surface area contributed by atoms with Crippen LogP contribution in [0.4, 0.5) is 0 Å². The predicted molar refractivity (Wildman–Crippen MR) is 69.1 cm³/mol. The highest BCUT2D eigenvalue weighted by molar-refractivity contribution is 5.78. The van der Waals surface area contributed by atoms with Gasteiger partial charge in [-0.05, 0) is 13.0 Å². The van der Waals surface area contributed by atoms with Crippen molar-refractivity contribution < 1.29 is 4.74 Å². The van der Waals surface area contributed by atoms with Crippen molar-refractivity contribution in [2.24, 2.45) is 0 Å². The molecule has 0 radical (unpaired) electrons. The lowest BCUT2D eigenvalue weighted by atomic mass is 10.3. The van der Waals surface area contributed by atoms with Crippen LogP contribution in [0.2, 0.25) is 0 Å². The van der Waals surface area contributed by atoms with Crippen molar-refractivity contribution in [3.05, 3.63) is 30.5 Å². The fourth-order valence-corrected chi connectivity index (χ4v) is 1.80. The van der Waals surface area contributed by atoms with Gasteiger partial charge >= 0.3 is 0 Å². The van der Waals surface area contributed by atoms with Crippen molar-refractivity contribution in [2.45, 2.75) is 13.5 Å². The average Bonchev–Trinajstić information content (AvgIpc) is 2.77. The summed E-state index contributed by atoms with van der Waals surface area (Å²) in [6.45, 7) is 6.27. The molecule has 0 amide bonds. The lowest BCUT2D eigenvalue weighted by Crippen LogP contribution is -2.24. The van der Waals surface area contributed by atoms with Crippen molar-refractivity contribution >= 4 is 10.9 Å². The van der Waals surface area contributed by atoms with Crippen LogP contribution < -0.4 is 5.32 Å². The van der Waals surface area contributed by atoms with E-state index >= 15 is 0 Å². The fraction of sp³-hybridized carbons (Fsp3) is 0.462. The molecule has 4 nitrogen and oxygen atoms in total. The SMILES string of the molecule is CCOCCNCCn1ncc2ccccc21. The first-order valence-corrected chi connectivity index (χ1v) is 6.11. The average molecular weight is 233 g/mol. The highest BCUT2D eigenvalue weighted by Crippen LogP contribution is 2.11. The van der Waals surface area contributed by atoms with Crippen molar-refractivity contribution in [2.75, 3.05) is 26.3 Å². The van der Waals surface area contributed by atoms with Crippen molar-refractivity contribution in [3.63, 3.8) is 0 Å². The Morgan fingerprint density at radius 3 is 3.06 bits per heavy atom. The minimum atomic E-state index is 0.774. The van der Waals surface area contributed by atoms with Crippen LogP contribution in [-0.2, 0) is 11.3 Å². The van der Waals surface area contributed by atoms with E-state index in [2.05, 4.69) is 22.5 Å². The second kappa shape index (κ2) is 6.37. The van der Waals surface area contributed by atoms with Crippen LogP contribution >= 0.6 is 0 Å². The first-order chi connectivity index (χ1) is 8.42. The summed E-state index contributed by atoms with van der Waals surface area (Å²) in [5, 5.41) is 8.91. The Balaban J connectivity index is 1.79. The molecular weight excluding hydrogens is 214 g/mol. The Morgan fingerprint density at radius 1 is 1.29 bits per heavy atom. The molecule has 0 saturated heterocycles. The third-order valence-corrected chi connectivity index (χ3v) is 2.68. The summed E-state index contributed by atoms with van der Waals surface area (Å²) in [6.07, 6.45) is 1.91. The number of hydrogen-bond acceptors (Lipinski definition) is 3. The monoisotopic (exact) mass is 233 g/mol. The van der Waals surface area contributed by atoms with Gasteiger partial charge in [-0.25, -0.2) is 0 Å². The summed E-state index contributed by atoms with van der Waals surface area (Å²) < 4.78 is 7.29. The van der Waals surface area contributed by atoms with Gasteiger partial charge in [0.1, 0.15) is 0 Å². The quantitative estimate of drug-likeness (QED) is 0.739. The number of hydrogen-bond donors (Lipinski definition) is 1. The fourth-order valence-electron chi connectivity index (χ4n) is 1.80. The van der Waals surface area contributed by atoms with Crippen LogP contribution in [-0.4, -0.2) is 36.1 Å². The van der Waals surface area contributed by atoms with Gasteiger partial charge in [-0.1, -0.05) is 18.2 Å². The molecule has 0 unspecified atom stereocenters. The van der Waals surface area contributed by atoms with Gasteiger partial charge in [0.15, 0.2) is 0 Å². The van der Waals surface area contributed by atoms with E-state index in [1.54, 1.807) is 0 Å². The molecule has 2 aromatic rings. The topological polar surface area (TPSA) is 39.1 Å². The van der Waals surface area contributed by atoms with E-state index in [1.165, 1.54) is 10.9 Å². The third kappa shape index (κ3) is 3.28. The molecule has 0 aliphatic rings. The van der Waals surface area contributed by atoms with Crippen LogP contribution in [0, 0.1) is 0 Å². The van der Waals surface area contributed by atoms with Gasteiger partial charge < -0.3 is 10.1 Å². The van der Waals surface area contributed by atoms with E-state index in [0.29, 0.717) is 0 Å². The molecule has 0 aliphatic heterocycles. The smallest absolute Gasteiger partial charge is 0.0682 e. The molecule has 1 heterocycles. The number of nitrogens with zero attached hydrogens (tertiary/aromatic N) is 2. The summed E-state index contributed by atoms with van der Waals surface area (Å²) in [7, 11) is 0. The highest BCUT2D eigenvalue weighted by Gasteiger charge is 2.00. The van der Waals surface area contributed by atoms with Crippen LogP contribution in [0.15, 0.2) is 30.5 Å². The largest absolute Gasteiger partial charge is 0.380 e. The molecule has 1 aromatic heterocycles. The lowest BCUT2D eigenvalue weighted by molar-refractivity contribution is 0.149. The number of rotatable bonds is 7. The number of benzene rings is 1. The van der Waals surface area contributed by atoms with E-state index in [-0.39, 0.29) is 0 Å². The molecule has 0 saturated carbocycles. The van der Waals surface area contributed by atoms with E-state index in [1.807, 2.05) is 29.9 Å². The summed E-state index contributed by atoms with van der Waals surface area (Å²) in [4.78, 5) is 0. The maximum absolute atomic E-state index is 5.26. The van der Waals surface area contributed by atoms with Crippen LogP contribution in [0.5, 0.6) is 0 Å². The number of aromatic nitrogens is 2.